The molecule has 6 nitrogen and oxygen atoms in total. The molecule has 0 aliphatic rings. The van der Waals surface area contributed by atoms with E-state index in [4.69, 9.17) is 4.42 Å². The van der Waals surface area contributed by atoms with Gasteiger partial charge in [0.2, 0.25) is 0 Å². The molecular formula is C20H12N4O2. The Labute approximate surface area is 147 Å². The van der Waals surface area contributed by atoms with Crippen molar-refractivity contribution >= 4 is 21.8 Å². The van der Waals surface area contributed by atoms with E-state index in [2.05, 4.69) is 19.9 Å². The third-order valence-electron chi connectivity index (χ3n) is 4.21. The van der Waals surface area contributed by atoms with Crippen LogP contribution in [0.25, 0.3) is 44.8 Å². The summed E-state index contributed by atoms with van der Waals surface area (Å²) in [4.78, 5) is 28.6. The molecule has 6 heteroatoms. The van der Waals surface area contributed by atoms with Crippen LogP contribution in [-0.2, 0) is 0 Å². The molecule has 0 spiro atoms. The van der Waals surface area contributed by atoms with Crippen molar-refractivity contribution in [3.8, 4) is 23.0 Å². The first-order chi connectivity index (χ1) is 12.8. The molecule has 0 atom stereocenters. The number of hydrogen-bond donors (Lipinski definition) is 1. The van der Waals surface area contributed by atoms with Gasteiger partial charge in [-0.2, -0.15) is 0 Å². The molecule has 124 valence electrons. The second-order valence-electron chi connectivity index (χ2n) is 5.88. The van der Waals surface area contributed by atoms with Crippen LogP contribution in [0, 0.1) is 0 Å². The fourth-order valence-corrected chi connectivity index (χ4v) is 2.92. The molecule has 0 bridgehead atoms. The fourth-order valence-electron chi connectivity index (χ4n) is 2.92. The Bertz CT molecular complexity index is 1270. The SMILES string of the molecule is O=c1oc(-c2cnc(-c3cc4ccccc4[nH]3)cn2)nc2ccccc12. The van der Waals surface area contributed by atoms with Gasteiger partial charge in [-0.25, -0.2) is 14.8 Å². The fraction of sp³-hybridized carbons (Fsp3) is 0. The van der Waals surface area contributed by atoms with Crippen molar-refractivity contribution in [2.24, 2.45) is 0 Å². The predicted octanol–water partition coefficient (Wildman–Crippen LogP) is 3.79. The lowest BCUT2D eigenvalue weighted by molar-refractivity contribution is 0.516. The average molecular weight is 340 g/mol. The molecule has 0 fully saturated rings. The Kier molecular flexibility index (Phi) is 3.15. The standard InChI is InChI=1S/C20H12N4O2/c25-20-13-6-2-4-8-15(13)24-19(26-20)18-11-21-17(10-22-18)16-9-12-5-1-3-7-14(12)23-16/h1-11,23H. The summed E-state index contributed by atoms with van der Waals surface area (Å²) < 4.78 is 5.29. The van der Waals surface area contributed by atoms with Gasteiger partial charge in [-0.1, -0.05) is 30.3 Å². The Hall–Kier alpha value is -3.80. The van der Waals surface area contributed by atoms with Gasteiger partial charge in [0.15, 0.2) is 0 Å². The van der Waals surface area contributed by atoms with Crippen molar-refractivity contribution in [1.82, 2.24) is 19.9 Å². The van der Waals surface area contributed by atoms with Crippen molar-refractivity contribution in [2.75, 3.05) is 0 Å². The van der Waals surface area contributed by atoms with Gasteiger partial charge < -0.3 is 9.40 Å². The third-order valence-corrected chi connectivity index (χ3v) is 4.21. The van der Waals surface area contributed by atoms with Crippen LogP contribution in [0.2, 0.25) is 0 Å². The minimum Gasteiger partial charge on any atom is -0.401 e. The second-order valence-corrected chi connectivity index (χ2v) is 5.88. The van der Waals surface area contributed by atoms with Crippen molar-refractivity contribution < 1.29 is 4.42 Å². The molecule has 0 radical (unpaired) electrons. The Morgan fingerprint density at radius 3 is 2.50 bits per heavy atom. The highest BCUT2D eigenvalue weighted by molar-refractivity contribution is 5.85. The zero-order chi connectivity index (χ0) is 17.5. The second kappa shape index (κ2) is 5.63. The summed E-state index contributed by atoms with van der Waals surface area (Å²) >= 11 is 0. The molecule has 2 aromatic carbocycles. The lowest BCUT2D eigenvalue weighted by atomic mass is 10.2. The highest BCUT2D eigenvalue weighted by Gasteiger charge is 2.11. The Morgan fingerprint density at radius 1 is 0.885 bits per heavy atom. The smallest absolute Gasteiger partial charge is 0.347 e. The van der Waals surface area contributed by atoms with E-state index >= 15 is 0 Å². The van der Waals surface area contributed by atoms with Crippen molar-refractivity contribution in [3.05, 3.63) is 77.4 Å². The number of hydrogen-bond acceptors (Lipinski definition) is 5. The van der Waals surface area contributed by atoms with E-state index in [9.17, 15) is 4.79 Å². The summed E-state index contributed by atoms with van der Waals surface area (Å²) in [7, 11) is 0. The van der Waals surface area contributed by atoms with Crippen LogP contribution in [0.5, 0.6) is 0 Å². The van der Waals surface area contributed by atoms with Crippen LogP contribution in [0.1, 0.15) is 0 Å². The quantitative estimate of drug-likeness (QED) is 0.528. The van der Waals surface area contributed by atoms with Gasteiger partial charge >= 0.3 is 5.63 Å². The van der Waals surface area contributed by atoms with Gasteiger partial charge in [-0.15, -0.1) is 0 Å². The topological polar surface area (TPSA) is 84.7 Å². The molecule has 26 heavy (non-hydrogen) atoms. The molecule has 3 heterocycles. The zero-order valence-corrected chi connectivity index (χ0v) is 13.5. The molecule has 0 unspecified atom stereocenters. The lowest BCUT2D eigenvalue weighted by Crippen LogP contribution is -2.03. The summed E-state index contributed by atoms with van der Waals surface area (Å²) in [6.07, 6.45) is 3.19. The highest BCUT2D eigenvalue weighted by Crippen LogP contribution is 2.23. The normalized spacial score (nSPS) is 11.2. The molecular weight excluding hydrogens is 328 g/mol. The minimum atomic E-state index is -0.438. The van der Waals surface area contributed by atoms with Gasteiger partial charge in [-0.3, -0.25) is 4.98 Å². The molecule has 0 aliphatic heterocycles. The summed E-state index contributed by atoms with van der Waals surface area (Å²) in [6.45, 7) is 0. The molecule has 0 aliphatic carbocycles. The Balaban J connectivity index is 1.56. The van der Waals surface area contributed by atoms with Crippen LogP contribution in [-0.4, -0.2) is 19.9 Å². The molecule has 0 amide bonds. The monoisotopic (exact) mass is 340 g/mol. The summed E-state index contributed by atoms with van der Waals surface area (Å²) in [6, 6.07) is 17.1. The van der Waals surface area contributed by atoms with Crippen molar-refractivity contribution in [1.29, 1.82) is 0 Å². The van der Waals surface area contributed by atoms with E-state index in [0.717, 1.165) is 16.6 Å². The maximum atomic E-state index is 12.1. The van der Waals surface area contributed by atoms with E-state index < -0.39 is 5.63 Å². The first kappa shape index (κ1) is 14.5. The molecule has 0 saturated carbocycles. The lowest BCUT2D eigenvalue weighted by Gasteiger charge is -2.02. The highest BCUT2D eigenvalue weighted by atomic mass is 16.4. The first-order valence-corrected chi connectivity index (χ1v) is 8.08. The van der Waals surface area contributed by atoms with Crippen LogP contribution >= 0.6 is 0 Å². The van der Waals surface area contributed by atoms with Crippen LogP contribution in [0.15, 0.2) is 76.2 Å². The zero-order valence-electron chi connectivity index (χ0n) is 13.5. The van der Waals surface area contributed by atoms with E-state index in [1.807, 2.05) is 36.4 Å². The van der Waals surface area contributed by atoms with E-state index in [1.54, 1.807) is 30.6 Å². The number of benzene rings is 2. The van der Waals surface area contributed by atoms with Gasteiger partial charge in [0.25, 0.3) is 5.89 Å². The number of aromatic amines is 1. The van der Waals surface area contributed by atoms with Crippen molar-refractivity contribution in [2.45, 2.75) is 0 Å². The predicted molar refractivity (Wildman–Crippen MR) is 98.6 cm³/mol. The first-order valence-electron chi connectivity index (χ1n) is 8.08. The molecule has 5 aromatic rings. The number of aromatic nitrogens is 4. The molecule has 0 saturated heterocycles. The Morgan fingerprint density at radius 2 is 1.65 bits per heavy atom. The van der Waals surface area contributed by atoms with Gasteiger partial charge in [0, 0.05) is 10.9 Å². The number of para-hydroxylation sites is 2. The van der Waals surface area contributed by atoms with Gasteiger partial charge in [0.1, 0.15) is 11.4 Å². The number of H-pyrrole nitrogens is 1. The number of nitrogens with one attached hydrogen (secondary N) is 1. The van der Waals surface area contributed by atoms with Crippen molar-refractivity contribution in [3.63, 3.8) is 0 Å². The molecule has 3 aromatic heterocycles. The molecule has 1 N–H and O–H groups in total. The number of rotatable bonds is 2. The largest absolute Gasteiger partial charge is 0.401 e. The summed E-state index contributed by atoms with van der Waals surface area (Å²) in [5.41, 5.74) is 3.15. The van der Waals surface area contributed by atoms with Crippen LogP contribution in [0.4, 0.5) is 0 Å². The number of nitrogens with zero attached hydrogens (tertiary/aromatic N) is 3. The summed E-state index contributed by atoms with van der Waals surface area (Å²) in [5.74, 6) is 0.157. The van der Waals surface area contributed by atoms with Crippen LogP contribution in [0.3, 0.4) is 0 Å². The average Bonchev–Trinajstić information content (AvgIpc) is 3.12. The van der Waals surface area contributed by atoms with Gasteiger partial charge in [-0.05, 0) is 24.3 Å². The van der Waals surface area contributed by atoms with Gasteiger partial charge in [0.05, 0.1) is 29.0 Å². The maximum absolute atomic E-state index is 12.1. The summed E-state index contributed by atoms with van der Waals surface area (Å²) in [5, 5.41) is 1.55. The number of fused-ring (bicyclic) bond motifs is 2. The molecule has 5 rings (SSSR count). The third kappa shape index (κ3) is 2.36. The minimum absolute atomic E-state index is 0.157. The van der Waals surface area contributed by atoms with E-state index in [-0.39, 0.29) is 5.89 Å². The maximum Gasteiger partial charge on any atom is 0.347 e. The van der Waals surface area contributed by atoms with E-state index in [1.165, 1.54) is 0 Å². The van der Waals surface area contributed by atoms with Crippen LogP contribution < -0.4 is 5.63 Å². The van der Waals surface area contributed by atoms with E-state index in [0.29, 0.717) is 22.3 Å².